The van der Waals surface area contributed by atoms with E-state index >= 15 is 0 Å². The number of ether oxygens (including phenoxy) is 1. The molecule has 1 aromatic carbocycles. The molecule has 0 saturated carbocycles. The van der Waals surface area contributed by atoms with Gasteiger partial charge in [0.05, 0.1) is 5.02 Å². The first-order valence-corrected chi connectivity index (χ1v) is 9.67. The van der Waals surface area contributed by atoms with Crippen LogP contribution in [0.1, 0.15) is 19.8 Å². The number of hydrogen-bond acceptors (Lipinski definition) is 3. The average molecular weight is 462 g/mol. The minimum Gasteiger partial charge on any atom is -0.479 e. The zero-order chi connectivity index (χ0) is 19.1. The maximum atomic E-state index is 12.1. The Kier molecular flexibility index (Phi) is 8.00. The molecule has 0 spiro atoms. The highest BCUT2D eigenvalue weighted by Crippen LogP contribution is 2.28. The number of hydrogen-bond donors (Lipinski definition) is 1. The summed E-state index contributed by atoms with van der Waals surface area (Å²) in [6.07, 6.45) is 2.60. The van der Waals surface area contributed by atoms with E-state index in [2.05, 4.69) is 21.2 Å². The Morgan fingerprint density at radius 3 is 2.77 bits per heavy atom. The monoisotopic (exact) mass is 460 g/mol. The summed E-state index contributed by atoms with van der Waals surface area (Å²) in [5.41, 5.74) is -0.0425. The first-order valence-electron chi connectivity index (χ1n) is 8.12. The van der Waals surface area contributed by atoms with E-state index in [0.29, 0.717) is 28.9 Å². The van der Waals surface area contributed by atoms with Gasteiger partial charge in [-0.05, 0) is 60.0 Å². The summed E-state index contributed by atoms with van der Waals surface area (Å²) in [5.74, 6) is 0.184. The average Bonchev–Trinajstić information content (AvgIpc) is 2.59. The van der Waals surface area contributed by atoms with Crippen LogP contribution in [0.25, 0.3) is 0 Å². The molecule has 0 bridgehead atoms. The summed E-state index contributed by atoms with van der Waals surface area (Å²) >= 11 is 15.2. The standard InChI is InChI=1S/C18H19BrCl2N2O3/c1-12(26-16-6-5-14(20)10-15(16)21)18(25)22-8-2-3-9-23-11-13(19)4-7-17(23)24/h4-7,10-12H,2-3,8-9H2,1H3,(H,22,25). The van der Waals surface area contributed by atoms with Crippen LogP contribution in [0.2, 0.25) is 10.0 Å². The second-order valence-electron chi connectivity index (χ2n) is 5.71. The molecule has 0 radical (unpaired) electrons. The van der Waals surface area contributed by atoms with Gasteiger partial charge in [0, 0.05) is 34.8 Å². The van der Waals surface area contributed by atoms with E-state index in [1.54, 1.807) is 42.0 Å². The van der Waals surface area contributed by atoms with E-state index in [0.717, 1.165) is 17.3 Å². The highest BCUT2D eigenvalue weighted by molar-refractivity contribution is 9.10. The number of rotatable bonds is 8. The lowest BCUT2D eigenvalue weighted by Crippen LogP contribution is -2.37. The summed E-state index contributed by atoms with van der Waals surface area (Å²) in [4.78, 5) is 23.8. The van der Waals surface area contributed by atoms with Gasteiger partial charge in [0.2, 0.25) is 0 Å². The van der Waals surface area contributed by atoms with Gasteiger partial charge in [-0.25, -0.2) is 0 Å². The van der Waals surface area contributed by atoms with Crippen molar-refractivity contribution in [3.05, 3.63) is 61.4 Å². The molecule has 0 saturated heterocycles. The molecule has 0 fully saturated rings. The highest BCUT2D eigenvalue weighted by Gasteiger charge is 2.15. The minimum absolute atomic E-state index is 0.0425. The third kappa shape index (κ3) is 6.34. The van der Waals surface area contributed by atoms with E-state index in [-0.39, 0.29) is 11.5 Å². The number of nitrogens with one attached hydrogen (secondary N) is 1. The van der Waals surface area contributed by atoms with Gasteiger partial charge < -0.3 is 14.6 Å². The first-order chi connectivity index (χ1) is 12.4. The van der Waals surface area contributed by atoms with Crippen LogP contribution in [0.4, 0.5) is 0 Å². The normalized spacial score (nSPS) is 11.8. The van der Waals surface area contributed by atoms with E-state index in [1.165, 1.54) is 6.07 Å². The molecule has 1 aromatic heterocycles. The Morgan fingerprint density at radius 2 is 2.04 bits per heavy atom. The van der Waals surface area contributed by atoms with Crippen LogP contribution in [0, 0.1) is 0 Å². The van der Waals surface area contributed by atoms with E-state index in [4.69, 9.17) is 27.9 Å². The van der Waals surface area contributed by atoms with Crippen molar-refractivity contribution in [2.45, 2.75) is 32.4 Å². The molecule has 0 aliphatic heterocycles. The van der Waals surface area contributed by atoms with Gasteiger partial charge in [0.15, 0.2) is 6.10 Å². The van der Waals surface area contributed by atoms with Crippen LogP contribution in [0.3, 0.4) is 0 Å². The Morgan fingerprint density at radius 1 is 1.27 bits per heavy atom. The van der Waals surface area contributed by atoms with E-state index in [1.807, 2.05) is 0 Å². The molecule has 1 amide bonds. The van der Waals surface area contributed by atoms with Crippen LogP contribution in [-0.4, -0.2) is 23.1 Å². The largest absolute Gasteiger partial charge is 0.479 e. The van der Waals surface area contributed by atoms with Gasteiger partial charge in [-0.2, -0.15) is 0 Å². The summed E-state index contributed by atoms with van der Waals surface area (Å²) in [7, 11) is 0. The maximum Gasteiger partial charge on any atom is 0.260 e. The predicted octanol–water partition coefficient (Wildman–Crippen LogP) is 4.28. The van der Waals surface area contributed by atoms with Crippen molar-refractivity contribution in [1.82, 2.24) is 9.88 Å². The first kappa shape index (κ1) is 20.8. The fraction of sp³-hybridized carbons (Fsp3) is 0.333. The molecule has 140 valence electrons. The van der Waals surface area contributed by atoms with Crippen LogP contribution in [0.5, 0.6) is 5.75 Å². The van der Waals surface area contributed by atoms with Crippen molar-refractivity contribution in [1.29, 1.82) is 0 Å². The molecule has 2 rings (SSSR count). The second-order valence-corrected chi connectivity index (χ2v) is 7.47. The van der Waals surface area contributed by atoms with Gasteiger partial charge in [-0.3, -0.25) is 9.59 Å². The van der Waals surface area contributed by atoms with Crippen molar-refractivity contribution in [3.8, 4) is 5.75 Å². The topological polar surface area (TPSA) is 60.3 Å². The summed E-state index contributed by atoms with van der Waals surface area (Å²) < 4.78 is 8.06. The molecule has 5 nitrogen and oxygen atoms in total. The lowest BCUT2D eigenvalue weighted by Gasteiger charge is -2.15. The Bertz CT molecular complexity index is 826. The fourth-order valence-corrected chi connectivity index (χ4v) is 3.09. The number of carbonyl (C=O) groups is 1. The lowest BCUT2D eigenvalue weighted by molar-refractivity contribution is -0.127. The van der Waals surface area contributed by atoms with Gasteiger partial charge in [-0.1, -0.05) is 23.2 Å². The third-order valence-corrected chi connectivity index (χ3v) is 4.64. The minimum atomic E-state index is -0.679. The van der Waals surface area contributed by atoms with Gasteiger partial charge in [0.25, 0.3) is 11.5 Å². The van der Waals surface area contributed by atoms with Gasteiger partial charge in [-0.15, -0.1) is 0 Å². The fourth-order valence-electron chi connectivity index (χ4n) is 2.25. The van der Waals surface area contributed by atoms with Crippen LogP contribution < -0.4 is 15.6 Å². The number of aromatic nitrogens is 1. The number of unbranched alkanes of at least 4 members (excludes halogenated alkanes) is 1. The van der Waals surface area contributed by atoms with Crippen molar-refractivity contribution in [2.24, 2.45) is 0 Å². The van der Waals surface area contributed by atoms with Crippen molar-refractivity contribution in [3.63, 3.8) is 0 Å². The molecule has 1 atom stereocenters. The maximum absolute atomic E-state index is 12.1. The van der Waals surface area contributed by atoms with E-state index in [9.17, 15) is 9.59 Å². The highest BCUT2D eigenvalue weighted by atomic mass is 79.9. The Hall–Kier alpha value is -1.50. The van der Waals surface area contributed by atoms with Gasteiger partial charge >= 0.3 is 0 Å². The second kappa shape index (κ2) is 10.00. The number of nitrogens with zero attached hydrogens (tertiary/aromatic N) is 1. The van der Waals surface area contributed by atoms with Crippen LogP contribution >= 0.6 is 39.1 Å². The molecule has 1 N–H and O–H groups in total. The van der Waals surface area contributed by atoms with Crippen molar-refractivity contribution >= 4 is 45.0 Å². The van der Waals surface area contributed by atoms with Crippen LogP contribution in [0.15, 0.2) is 45.8 Å². The molecule has 0 aliphatic carbocycles. The number of halogens is 3. The molecule has 2 aromatic rings. The number of benzene rings is 1. The van der Waals surface area contributed by atoms with Gasteiger partial charge in [0.1, 0.15) is 5.75 Å². The number of aryl methyl sites for hydroxylation is 1. The Labute approximate surface area is 170 Å². The summed E-state index contributed by atoms with van der Waals surface area (Å²) in [6, 6.07) is 8.08. The van der Waals surface area contributed by atoms with Crippen LogP contribution in [-0.2, 0) is 11.3 Å². The van der Waals surface area contributed by atoms with Crippen molar-refractivity contribution < 1.29 is 9.53 Å². The smallest absolute Gasteiger partial charge is 0.260 e. The predicted molar refractivity (Wildman–Crippen MR) is 107 cm³/mol. The number of amides is 1. The number of carbonyl (C=O) groups excluding carboxylic acids is 1. The lowest BCUT2D eigenvalue weighted by atomic mass is 10.3. The molecule has 8 heteroatoms. The molecule has 1 heterocycles. The Balaban J connectivity index is 1.72. The number of pyridine rings is 1. The third-order valence-electron chi connectivity index (χ3n) is 3.64. The summed E-state index contributed by atoms with van der Waals surface area (Å²) in [6.45, 7) is 2.76. The van der Waals surface area contributed by atoms with E-state index < -0.39 is 6.10 Å². The molecular formula is C18H19BrCl2N2O3. The molecule has 1 unspecified atom stereocenters. The zero-order valence-corrected chi connectivity index (χ0v) is 17.3. The SMILES string of the molecule is CC(Oc1ccc(Cl)cc1Cl)C(=O)NCCCCn1cc(Br)ccc1=O. The molecule has 0 aliphatic rings. The molecular weight excluding hydrogens is 443 g/mol. The summed E-state index contributed by atoms with van der Waals surface area (Å²) in [5, 5.41) is 3.68. The van der Waals surface area contributed by atoms with Crippen molar-refractivity contribution in [2.75, 3.05) is 6.54 Å². The quantitative estimate of drug-likeness (QED) is 0.596. The zero-order valence-electron chi connectivity index (χ0n) is 14.2. The molecule has 26 heavy (non-hydrogen) atoms.